The first-order valence-electron chi connectivity index (χ1n) is 5.47. The summed E-state index contributed by atoms with van der Waals surface area (Å²) in [6.07, 6.45) is 0. The number of nitrogens with one attached hydrogen (secondary N) is 1. The van der Waals surface area contributed by atoms with Crippen LogP contribution in [0.1, 0.15) is 15.9 Å². The Kier molecular flexibility index (Phi) is 3.85. The van der Waals surface area contributed by atoms with Crippen molar-refractivity contribution >= 4 is 23.3 Å². The number of hydrogen-bond donors (Lipinski definition) is 2. The molecule has 0 atom stereocenters. The van der Waals surface area contributed by atoms with Gasteiger partial charge in [-0.25, -0.2) is 4.79 Å². The highest BCUT2D eigenvalue weighted by Crippen LogP contribution is 2.21. The molecule has 18 heavy (non-hydrogen) atoms. The van der Waals surface area contributed by atoms with Gasteiger partial charge in [-0.2, -0.15) is 0 Å². The highest BCUT2D eigenvalue weighted by Gasteiger charge is 2.03. The van der Waals surface area contributed by atoms with Gasteiger partial charge in [0.05, 0.1) is 16.3 Å². The van der Waals surface area contributed by atoms with Gasteiger partial charge in [0.25, 0.3) is 0 Å². The van der Waals surface area contributed by atoms with Crippen molar-refractivity contribution in [3.05, 3.63) is 64.7 Å². The van der Waals surface area contributed by atoms with Crippen molar-refractivity contribution in [1.29, 1.82) is 0 Å². The van der Waals surface area contributed by atoms with E-state index in [9.17, 15) is 4.79 Å². The molecule has 0 saturated carbocycles. The van der Waals surface area contributed by atoms with Crippen molar-refractivity contribution in [2.45, 2.75) is 6.54 Å². The van der Waals surface area contributed by atoms with Gasteiger partial charge in [-0.15, -0.1) is 0 Å². The Balaban J connectivity index is 2.09. The van der Waals surface area contributed by atoms with Crippen LogP contribution in [-0.4, -0.2) is 11.1 Å². The predicted molar refractivity (Wildman–Crippen MR) is 72.2 cm³/mol. The van der Waals surface area contributed by atoms with Gasteiger partial charge in [0.2, 0.25) is 0 Å². The van der Waals surface area contributed by atoms with E-state index in [0.29, 0.717) is 11.6 Å². The maximum atomic E-state index is 10.8. The molecule has 2 aromatic carbocycles. The highest BCUT2D eigenvalue weighted by atomic mass is 35.5. The first-order valence-corrected chi connectivity index (χ1v) is 5.85. The maximum Gasteiger partial charge on any atom is 0.335 e. The third-order valence-electron chi connectivity index (χ3n) is 2.53. The quantitative estimate of drug-likeness (QED) is 0.883. The number of carbonyl (C=O) groups is 1. The largest absolute Gasteiger partial charge is 0.478 e. The Morgan fingerprint density at radius 2 is 1.94 bits per heavy atom. The second-order valence-corrected chi connectivity index (χ2v) is 4.25. The van der Waals surface area contributed by atoms with E-state index in [1.54, 1.807) is 24.3 Å². The molecule has 0 aliphatic carbocycles. The molecular formula is C14H12ClNO2. The Hall–Kier alpha value is -2.00. The van der Waals surface area contributed by atoms with E-state index in [1.807, 2.05) is 24.3 Å². The third-order valence-corrected chi connectivity index (χ3v) is 2.86. The molecule has 3 nitrogen and oxygen atoms in total. The molecule has 0 radical (unpaired) electrons. The molecule has 0 spiro atoms. The number of hydrogen-bond acceptors (Lipinski definition) is 2. The van der Waals surface area contributed by atoms with E-state index in [0.717, 1.165) is 11.3 Å². The van der Waals surface area contributed by atoms with Crippen LogP contribution in [0.4, 0.5) is 5.69 Å². The Morgan fingerprint density at radius 1 is 1.17 bits per heavy atom. The molecule has 2 aromatic rings. The summed E-state index contributed by atoms with van der Waals surface area (Å²) in [5, 5.41) is 12.7. The van der Waals surface area contributed by atoms with E-state index in [4.69, 9.17) is 16.7 Å². The van der Waals surface area contributed by atoms with Gasteiger partial charge in [-0.05, 0) is 29.8 Å². The lowest BCUT2D eigenvalue weighted by atomic mass is 10.1. The Labute approximate surface area is 110 Å². The van der Waals surface area contributed by atoms with Gasteiger partial charge < -0.3 is 10.4 Å². The number of halogens is 1. The number of aromatic carboxylic acids is 1. The summed E-state index contributed by atoms with van der Waals surface area (Å²) in [5.74, 6) is -0.922. The molecule has 92 valence electrons. The van der Waals surface area contributed by atoms with Crippen molar-refractivity contribution in [2.24, 2.45) is 0 Å². The minimum Gasteiger partial charge on any atom is -0.478 e. The molecule has 0 aliphatic heterocycles. The van der Waals surface area contributed by atoms with E-state index in [2.05, 4.69) is 5.32 Å². The second-order valence-electron chi connectivity index (χ2n) is 3.84. The summed E-state index contributed by atoms with van der Waals surface area (Å²) >= 11 is 6.02. The van der Waals surface area contributed by atoms with Gasteiger partial charge in [0.1, 0.15) is 0 Å². The molecule has 2 rings (SSSR count). The van der Waals surface area contributed by atoms with Gasteiger partial charge in [0.15, 0.2) is 0 Å². The van der Waals surface area contributed by atoms with Gasteiger partial charge in [-0.1, -0.05) is 35.9 Å². The molecule has 0 aromatic heterocycles. The lowest BCUT2D eigenvalue weighted by Crippen LogP contribution is -2.02. The molecule has 0 amide bonds. The van der Waals surface area contributed by atoms with Crippen LogP contribution < -0.4 is 5.32 Å². The highest BCUT2D eigenvalue weighted by molar-refractivity contribution is 6.33. The summed E-state index contributed by atoms with van der Waals surface area (Å²) < 4.78 is 0. The van der Waals surface area contributed by atoms with Gasteiger partial charge in [0, 0.05) is 6.54 Å². The summed E-state index contributed by atoms with van der Waals surface area (Å²) in [4.78, 5) is 10.8. The smallest absolute Gasteiger partial charge is 0.335 e. The number of para-hydroxylation sites is 1. The molecule has 0 bridgehead atoms. The fraction of sp³-hybridized carbons (Fsp3) is 0.0714. The van der Waals surface area contributed by atoms with E-state index < -0.39 is 5.97 Å². The summed E-state index contributed by atoms with van der Waals surface area (Å²) in [6, 6.07) is 14.2. The number of benzene rings is 2. The predicted octanol–water partition coefficient (Wildman–Crippen LogP) is 3.65. The molecule has 0 heterocycles. The monoisotopic (exact) mass is 261 g/mol. The first-order chi connectivity index (χ1) is 8.66. The summed E-state index contributed by atoms with van der Waals surface area (Å²) in [6.45, 7) is 0.533. The molecule has 4 heteroatoms. The maximum absolute atomic E-state index is 10.8. The average Bonchev–Trinajstić information content (AvgIpc) is 2.38. The van der Waals surface area contributed by atoms with Crippen LogP contribution in [0.25, 0.3) is 0 Å². The van der Waals surface area contributed by atoms with Crippen molar-refractivity contribution in [3.63, 3.8) is 0 Å². The van der Waals surface area contributed by atoms with Crippen molar-refractivity contribution < 1.29 is 9.90 Å². The SMILES string of the molecule is O=C(O)c1cccc(CNc2ccccc2Cl)c1. The number of carboxylic acid groups (broad SMARTS) is 1. The number of anilines is 1. The van der Waals surface area contributed by atoms with Crippen LogP contribution >= 0.6 is 11.6 Å². The van der Waals surface area contributed by atoms with Crippen LogP contribution in [0.5, 0.6) is 0 Å². The van der Waals surface area contributed by atoms with E-state index in [-0.39, 0.29) is 5.56 Å². The van der Waals surface area contributed by atoms with Crippen LogP contribution in [-0.2, 0) is 6.54 Å². The van der Waals surface area contributed by atoms with Crippen molar-refractivity contribution in [1.82, 2.24) is 0 Å². The van der Waals surface area contributed by atoms with Crippen LogP contribution in [0.3, 0.4) is 0 Å². The summed E-state index contributed by atoms with van der Waals surface area (Å²) in [5.41, 5.74) is 2.02. The lowest BCUT2D eigenvalue weighted by Gasteiger charge is -2.08. The lowest BCUT2D eigenvalue weighted by molar-refractivity contribution is 0.0697. The van der Waals surface area contributed by atoms with Crippen LogP contribution in [0.15, 0.2) is 48.5 Å². The second kappa shape index (κ2) is 5.56. The van der Waals surface area contributed by atoms with E-state index in [1.165, 1.54) is 0 Å². The normalized spacial score (nSPS) is 10.1. The van der Waals surface area contributed by atoms with E-state index >= 15 is 0 Å². The minimum atomic E-state index is -0.922. The fourth-order valence-electron chi connectivity index (χ4n) is 1.62. The first kappa shape index (κ1) is 12.5. The van der Waals surface area contributed by atoms with Crippen LogP contribution in [0.2, 0.25) is 5.02 Å². The zero-order chi connectivity index (χ0) is 13.0. The molecule has 0 fully saturated rings. The number of rotatable bonds is 4. The minimum absolute atomic E-state index is 0.286. The molecule has 0 aliphatic rings. The number of carboxylic acids is 1. The topological polar surface area (TPSA) is 49.3 Å². The average molecular weight is 262 g/mol. The zero-order valence-corrected chi connectivity index (χ0v) is 10.3. The Morgan fingerprint density at radius 3 is 2.67 bits per heavy atom. The molecular weight excluding hydrogens is 250 g/mol. The standard InChI is InChI=1S/C14H12ClNO2/c15-12-6-1-2-7-13(12)16-9-10-4-3-5-11(8-10)14(17)18/h1-8,16H,9H2,(H,17,18). The third kappa shape index (κ3) is 3.02. The fourth-order valence-corrected chi connectivity index (χ4v) is 1.82. The zero-order valence-electron chi connectivity index (χ0n) is 9.56. The van der Waals surface area contributed by atoms with Gasteiger partial charge >= 0.3 is 5.97 Å². The Bertz CT molecular complexity index is 569. The molecule has 0 unspecified atom stereocenters. The van der Waals surface area contributed by atoms with Gasteiger partial charge in [-0.3, -0.25) is 0 Å². The van der Waals surface area contributed by atoms with Crippen molar-refractivity contribution in [3.8, 4) is 0 Å². The molecule has 0 saturated heterocycles. The molecule has 2 N–H and O–H groups in total. The van der Waals surface area contributed by atoms with Crippen molar-refractivity contribution in [2.75, 3.05) is 5.32 Å². The summed E-state index contributed by atoms with van der Waals surface area (Å²) in [7, 11) is 0. The van der Waals surface area contributed by atoms with Crippen LogP contribution in [0, 0.1) is 0 Å².